The zero-order valence-electron chi connectivity index (χ0n) is 10.3. The van der Waals surface area contributed by atoms with Gasteiger partial charge in [0.15, 0.2) is 15.0 Å². The van der Waals surface area contributed by atoms with E-state index < -0.39 is 9.84 Å². The maximum absolute atomic E-state index is 11.7. The van der Waals surface area contributed by atoms with Crippen LogP contribution in [0.2, 0.25) is 0 Å². The quantitative estimate of drug-likeness (QED) is 0.829. The van der Waals surface area contributed by atoms with Crippen molar-refractivity contribution in [3.8, 4) is 0 Å². The molecule has 0 amide bonds. The number of hydrogen-bond acceptors (Lipinski definition) is 4. The van der Waals surface area contributed by atoms with Gasteiger partial charge in [-0.25, -0.2) is 8.42 Å². The molecule has 0 aliphatic carbocycles. The Hall–Kier alpha value is -0.230. The average molecular weight is 276 g/mol. The second-order valence-electron chi connectivity index (χ2n) is 4.99. The molecule has 3 atom stereocenters. The summed E-state index contributed by atoms with van der Waals surface area (Å²) < 4.78 is 23.3. The van der Waals surface area contributed by atoms with Crippen molar-refractivity contribution < 1.29 is 8.42 Å². The number of sulfone groups is 1. The van der Waals surface area contributed by atoms with E-state index in [1.807, 2.05) is 0 Å². The van der Waals surface area contributed by atoms with E-state index >= 15 is 0 Å². The summed E-state index contributed by atoms with van der Waals surface area (Å²) in [5.41, 5.74) is 0. The normalized spacial score (nSPS) is 39.2. The lowest BCUT2D eigenvalue weighted by atomic mass is 10.2. The Morgan fingerprint density at radius 3 is 2.82 bits per heavy atom. The molecule has 4 nitrogen and oxygen atoms in total. The van der Waals surface area contributed by atoms with Crippen LogP contribution in [-0.2, 0) is 9.84 Å². The Bertz CT molecular complexity index is 394. The van der Waals surface area contributed by atoms with E-state index in [2.05, 4.69) is 24.2 Å². The smallest absolute Gasteiger partial charge is 0.157 e. The molecule has 2 heterocycles. The highest BCUT2D eigenvalue weighted by Crippen LogP contribution is 2.24. The molecule has 0 radical (unpaired) electrons. The number of hydrogen-bond donors (Lipinski definition) is 1. The second-order valence-corrected chi connectivity index (χ2v) is 8.81. The minimum Gasteiger partial charge on any atom is -0.362 e. The first-order valence-electron chi connectivity index (χ1n) is 6.16. The van der Waals surface area contributed by atoms with Crippen LogP contribution >= 0.6 is 11.8 Å². The zero-order valence-corrected chi connectivity index (χ0v) is 12.0. The standard InChI is InChI=1S/C11H20N2O2S2/c1-8-6-9(2)16-11(13-8)12-7-10-4-3-5-17(10,14)15/h8-10H,3-7H2,1-2H3,(H,12,13). The van der Waals surface area contributed by atoms with Gasteiger partial charge < -0.3 is 5.32 Å². The fourth-order valence-electron chi connectivity index (χ4n) is 2.37. The van der Waals surface area contributed by atoms with Crippen LogP contribution in [0.3, 0.4) is 0 Å². The fourth-order valence-corrected chi connectivity index (χ4v) is 5.29. The molecule has 98 valence electrons. The van der Waals surface area contributed by atoms with Crippen LogP contribution < -0.4 is 5.32 Å². The first-order valence-corrected chi connectivity index (χ1v) is 8.76. The molecule has 6 heteroatoms. The molecule has 2 fully saturated rings. The molecule has 3 unspecified atom stereocenters. The van der Waals surface area contributed by atoms with Gasteiger partial charge in [-0.3, -0.25) is 4.99 Å². The van der Waals surface area contributed by atoms with Gasteiger partial charge in [0.2, 0.25) is 0 Å². The lowest BCUT2D eigenvalue weighted by Crippen LogP contribution is -2.39. The molecule has 0 saturated carbocycles. The number of amidine groups is 1. The molecule has 2 rings (SSSR count). The van der Waals surface area contributed by atoms with Crippen molar-refractivity contribution in [1.82, 2.24) is 5.32 Å². The third-order valence-corrected chi connectivity index (χ3v) is 6.59. The molecule has 2 aliphatic rings. The van der Waals surface area contributed by atoms with Crippen molar-refractivity contribution in [2.45, 2.75) is 49.7 Å². The molecule has 17 heavy (non-hydrogen) atoms. The summed E-state index contributed by atoms with van der Waals surface area (Å²) in [5.74, 6) is 0.343. The maximum Gasteiger partial charge on any atom is 0.157 e. The van der Waals surface area contributed by atoms with E-state index in [-0.39, 0.29) is 5.25 Å². The van der Waals surface area contributed by atoms with Crippen LogP contribution in [0.1, 0.15) is 33.1 Å². The lowest BCUT2D eigenvalue weighted by molar-refractivity contribution is 0.587. The highest BCUT2D eigenvalue weighted by molar-refractivity contribution is 8.14. The molecule has 0 spiro atoms. The number of nitrogens with one attached hydrogen (secondary N) is 1. The van der Waals surface area contributed by atoms with E-state index in [0.29, 0.717) is 23.6 Å². The van der Waals surface area contributed by atoms with Crippen LogP contribution in [0.25, 0.3) is 0 Å². The van der Waals surface area contributed by atoms with Crippen molar-refractivity contribution in [1.29, 1.82) is 0 Å². The van der Waals surface area contributed by atoms with Gasteiger partial charge in [-0.15, -0.1) is 0 Å². The molecule has 1 N–H and O–H groups in total. The van der Waals surface area contributed by atoms with Crippen molar-refractivity contribution >= 4 is 26.8 Å². The summed E-state index contributed by atoms with van der Waals surface area (Å²) >= 11 is 1.72. The van der Waals surface area contributed by atoms with Crippen LogP contribution in [0.15, 0.2) is 4.99 Å². The van der Waals surface area contributed by atoms with Gasteiger partial charge in [-0.05, 0) is 26.2 Å². The van der Waals surface area contributed by atoms with Gasteiger partial charge in [0.1, 0.15) is 0 Å². The fraction of sp³-hybridized carbons (Fsp3) is 0.909. The largest absolute Gasteiger partial charge is 0.362 e. The predicted octanol–water partition coefficient (Wildman–Crippen LogP) is 1.42. The summed E-state index contributed by atoms with van der Waals surface area (Å²) in [6.45, 7) is 4.75. The van der Waals surface area contributed by atoms with Crippen LogP contribution in [0.4, 0.5) is 0 Å². The van der Waals surface area contributed by atoms with Gasteiger partial charge in [0.25, 0.3) is 0 Å². The van der Waals surface area contributed by atoms with Crippen molar-refractivity contribution in [2.24, 2.45) is 4.99 Å². The van der Waals surface area contributed by atoms with Gasteiger partial charge >= 0.3 is 0 Å². The first-order chi connectivity index (χ1) is 7.97. The topological polar surface area (TPSA) is 58.5 Å². The molecule has 0 aromatic rings. The molecular formula is C11H20N2O2S2. The summed E-state index contributed by atoms with van der Waals surface area (Å²) in [7, 11) is -2.86. The van der Waals surface area contributed by atoms with E-state index in [1.165, 1.54) is 0 Å². The van der Waals surface area contributed by atoms with Crippen molar-refractivity contribution in [3.63, 3.8) is 0 Å². The Balaban J connectivity index is 1.96. The summed E-state index contributed by atoms with van der Waals surface area (Å²) in [4.78, 5) is 4.45. The minimum atomic E-state index is -2.86. The highest BCUT2D eigenvalue weighted by atomic mass is 32.2. The third kappa shape index (κ3) is 3.37. The molecule has 0 aromatic heterocycles. The SMILES string of the molecule is CC1CC(C)SC(=NCC2CCCS2(=O)=O)N1. The summed E-state index contributed by atoms with van der Waals surface area (Å²) in [5, 5.41) is 4.55. The van der Waals surface area contributed by atoms with Crippen LogP contribution in [-0.4, -0.2) is 42.4 Å². The van der Waals surface area contributed by atoms with E-state index in [9.17, 15) is 8.42 Å². The van der Waals surface area contributed by atoms with Crippen LogP contribution in [0, 0.1) is 0 Å². The molecule has 2 saturated heterocycles. The van der Waals surface area contributed by atoms with E-state index in [4.69, 9.17) is 0 Å². The molecular weight excluding hydrogens is 256 g/mol. The maximum atomic E-state index is 11.7. The summed E-state index contributed by atoms with van der Waals surface area (Å²) in [6.07, 6.45) is 2.70. The third-order valence-electron chi connectivity index (χ3n) is 3.27. The van der Waals surface area contributed by atoms with Crippen molar-refractivity contribution in [3.05, 3.63) is 0 Å². The Labute approximate surface area is 108 Å². The number of nitrogens with zero attached hydrogens (tertiary/aromatic N) is 1. The van der Waals surface area contributed by atoms with E-state index in [0.717, 1.165) is 24.4 Å². The lowest BCUT2D eigenvalue weighted by Gasteiger charge is -2.27. The first kappa shape index (κ1) is 13.2. The number of thioether (sulfide) groups is 1. The van der Waals surface area contributed by atoms with E-state index in [1.54, 1.807) is 11.8 Å². The van der Waals surface area contributed by atoms with Crippen molar-refractivity contribution in [2.75, 3.05) is 12.3 Å². The molecule has 0 bridgehead atoms. The number of rotatable bonds is 2. The van der Waals surface area contributed by atoms with Gasteiger partial charge in [-0.1, -0.05) is 18.7 Å². The summed E-state index contributed by atoms with van der Waals surface area (Å²) in [6, 6.07) is 0.435. The molecule has 0 aromatic carbocycles. The monoisotopic (exact) mass is 276 g/mol. The Kier molecular flexibility index (Phi) is 4.02. The second kappa shape index (κ2) is 5.18. The van der Waals surface area contributed by atoms with Crippen LogP contribution in [0.5, 0.6) is 0 Å². The highest BCUT2D eigenvalue weighted by Gasteiger charge is 2.31. The van der Waals surface area contributed by atoms with Gasteiger partial charge in [0, 0.05) is 11.3 Å². The number of aliphatic imine (C=N–C) groups is 1. The van der Waals surface area contributed by atoms with Gasteiger partial charge in [-0.2, -0.15) is 0 Å². The predicted molar refractivity (Wildman–Crippen MR) is 73.4 cm³/mol. The van der Waals surface area contributed by atoms with Gasteiger partial charge in [0.05, 0.1) is 17.5 Å². The minimum absolute atomic E-state index is 0.245. The Morgan fingerprint density at radius 2 is 2.24 bits per heavy atom. The Morgan fingerprint density at radius 1 is 1.47 bits per heavy atom. The average Bonchev–Trinajstić information content (AvgIpc) is 2.53. The molecule has 2 aliphatic heterocycles. The zero-order chi connectivity index (χ0) is 12.5.